The van der Waals surface area contributed by atoms with Crippen molar-refractivity contribution in [1.82, 2.24) is 9.97 Å². The summed E-state index contributed by atoms with van der Waals surface area (Å²) in [6.45, 7) is 0.352. The highest BCUT2D eigenvalue weighted by atomic mass is 16.5. The fourth-order valence-corrected chi connectivity index (χ4v) is 3.01. The van der Waals surface area contributed by atoms with Crippen molar-refractivity contribution in [1.29, 1.82) is 0 Å². The molecule has 140 valence electrons. The summed E-state index contributed by atoms with van der Waals surface area (Å²) in [5.41, 5.74) is 1.25. The van der Waals surface area contributed by atoms with Crippen LogP contribution in [0.2, 0.25) is 0 Å². The molecule has 7 heteroatoms. The zero-order valence-electron chi connectivity index (χ0n) is 15.0. The average molecular weight is 374 g/mol. The van der Waals surface area contributed by atoms with Gasteiger partial charge in [0.2, 0.25) is 11.8 Å². The van der Waals surface area contributed by atoms with Crippen LogP contribution in [0.3, 0.4) is 0 Å². The molecule has 7 nitrogen and oxygen atoms in total. The minimum absolute atomic E-state index is 0.0609. The Kier molecular flexibility index (Phi) is 4.97. The minimum Gasteiger partial charge on any atom is -0.424 e. The van der Waals surface area contributed by atoms with Gasteiger partial charge in [-0.15, -0.1) is 0 Å². The fraction of sp³-hybridized carbons (Fsp3) is 0.143. The van der Waals surface area contributed by atoms with Crippen LogP contribution in [0.15, 0.2) is 73.1 Å². The zero-order valence-corrected chi connectivity index (χ0v) is 15.0. The third kappa shape index (κ3) is 3.98. The average Bonchev–Trinajstić information content (AvgIpc) is 3.13. The molecule has 0 radical (unpaired) electrons. The van der Waals surface area contributed by atoms with Gasteiger partial charge in [0.25, 0.3) is 0 Å². The van der Waals surface area contributed by atoms with Gasteiger partial charge in [0.15, 0.2) is 0 Å². The quantitative estimate of drug-likeness (QED) is 0.741. The van der Waals surface area contributed by atoms with Crippen molar-refractivity contribution in [3.05, 3.63) is 73.1 Å². The van der Waals surface area contributed by atoms with E-state index in [4.69, 9.17) is 4.74 Å². The number of hydrogen-bond acceptors (Lipinski definition) is 5. The van der Waals surface area contributed by atoms with E-state index in [1.807, 2.05) is 48.5 Å². The molecular formula is C21H18N4O3. The van der Waals surface area contributed by atoms with Crippen LogP contribution in [0.5, 0.6) is 11.8 Å². The SMILES string of the molecule is O=C(Nc1cnc(Oc2ccccc2)nc1)C1CC(=O)N(c2ccccc2)C1. The molecule has 2 aromatic carbocycles. The number of nitrogens with zero attached hydrogens (tertiary/aromatic N) is 3. The number of carbonyl (C=O) groups is 2. The van der Waals surface area contributed by atoms with Gasteiger partial charge in [-0.1, -0.05) is 36.4 Å². The Morgan fingerprint density at radius 2 is 1.64 bits per heavy atom. The first-order valence-electron chi connectivity index (χ1n) is 8.90. The van der Waals surface area contributed by atoms with E-state index in [0.717, 1.165) is 5.69 Å². The van der Waals surface area contributed by atoms with E-state index in [1.165, 1.54) is 12.4 Å². The molecule has 1 aliphatic rings. The van der Waals surface area contributed by atoms with Crippen molar-refractivity contribution in [2.75, 3.05) is 16.8 Å². The number of amides is 2. The second-order valence-corrected chi connectivity index (χ2v) is 6.40. The zero-order chi connectivity index (χ0) is 19.3. The fourth-order valence-electron chi connectivity index (χ4n) is 3.01. The lowest BCUT2D eigenvalue weighted by molar-refractivity contribution is -0.122. The summed E-state index contributed by atoms with van der Waals surface area (Å²) in [5, 5.41) is 2.77. The van der Waals surface area contributed by atoms with Crippen LogP contribution in [0, 0.1) is 5.92 Å². The second kappa shape index (κ2) is 7.87. The molecule has 0 bridgehead atoms. The molecule has 28 heavy (non-hydrogen) atoms. The topological polar surface area (TPSA) is 84.4 Å². The van der Waals surface area contributed by atoms with E-state index in [2.05, 4.69) is 15.3 Å². The van der Waals surface area contributed by atoms with Crippen LogP contribution < -0.4 is 15.0 Å². The minimum atomic E-state index is -0.423. The Labute approximate surface area is 162 Å². The monoisotopic (exact) mass is 374 g/mol. The first-order valence-corrected chi connectivity index (χ1v) is 8.90. The number of rotatable bonds is 5. The molecular weight excluding hydrogens is 356 g/mol. The summed E-state index contributed by atoms with van der Waals surface area (Å²) in [5.74, 6) is -0.0842. The van der Waals surface area contributed by atoms with Gasteiger partial charge >= 0.3 is 6.01 Å². The van der Waals surface area contributed by atoms with Crippen molar-refractivity contribution in [2.45, 2.75) is 6.42 Å². The van der Waals surface area contributed by atoms with E-state index in [0.29, 0.717) is 18.0 Å². The highest BCUT2D eigenvalue weighted by Crippen LogP contribution is 2.26. The van der Waals surface area contributed by atoms with E-state index in [1.54, 1.807) is 17.0 Å². The molecule has 1 aromatic heterocycles. The molecule has 1 unspecified atom stereocenters. The highest BCUT2D eigenvalue weighted by molar-refractivity contribution is 6.03. The molecule has 3 aromatic rings. The molecule has 2 amide bonds. The van der Waals surface area contributed by atoms with Crippen molar-refractivity contribution >= 4 is 23.2 Å². The van der Waals surface area contributed by atoms with Gasteiger partial charge in [0, 0.05) is 18.7 Å². The lowest BCUT2D eigenvalue weighted by Gasteiger charge is -2.16. The molecule has 1 atom stereocenters. The standard InChI is InChI=1S/C21H18N4O3/c26-19-11-15(14-25(19)17-7-3-1-4-8-17)20(27)24-16-12-22-21(23-13-16)28-18-9-5-2-6-10-18/h1-10,12-13,15H,11,14H2,(H,24,27). The van der Waals surface area contributed by atoms with Crippen LogP contribution in [-0.2, 0) is 9.59 Å². The number of ether oxygens (including phenoxy) is 1. The number of aromatic nitrogens is 2. The van der Waals surface area contributed by atoms with Gasteiger partial charge in [-0.2, -0.15) is 0 Å². The van der Waals surface area contributed by atoms with E-state index in [9.17, 15) is 9.59 Å². The van der Waals surface area contributed by atoms with Crippen molar-refractivity contribution in [3.8, 4) is 11.8 Å². The van der Waals surface area contributed by atoms with Gasteiger partial charge in [-0.25, -0.2) is 9.97 Å². The molecule has 1 saturated heterocycles. The second-order valence-electron chi connectivity index (χ2n) is 6.40. The van der Waals surface area contributed by atoms with Gasteiger partial charge in [-0.3, -0.25) is 9.59 Å². The third-order valence-electron chi connectivity index (χ3n) is 4.41. The summed E-state index contributed by atoms with van der Waals surface area (Å²) in [6, 6.07) is 18.7. The van der Waals surface area contributed by atoms with E-state index >= 15 is 0 Å². The van der Waals surface area contributed by atoms with Crippen molar-refractivity contribution in [3.63, 3.8) is 0 Å². The Bertz CT molecular complexity index is 962. The normalized spacial score (nSPS) is 16.1. The van der Waals surface area contributed by atoms with Crippen LogP contribution >= 0.6 is 0 Å². The van der Waals surface area contributed by atoms with Gasteiger partial charge in [0.1, 0.15) is 5.75 Å². The molecule has 4 rings (SSSR count). The Morgan fingerprint density at radius 1 is 1.00 bits per heavy atom. The first kappa shape index (κ1) is 17.7. The Morgan fingerprint density at radius 3 is 2.32 bits per heavy atom. The van der Waals surface area contributed by atoms with Crippen LogP contribution in [0.25, 0.3) is 0 Å². The van der Waals surface area contributed by atoms with Crippen molar-refractivity contribution < 1.29 is 14.3 Å². The summed E-state index contributed by atoms with van der Waals surface area (Å²) in [7, 11) is 0. The molecule has 1 N–H and O–H groups in total. The third-order valence-corrected chi connectivity index (χ3v) is 4.41. The molecule has 0 spiro atoms. The molecule has 0 saturated carbocycles. The lowest BCUT2D eigenvalue weighted by Crippen LogP contribution is -2.28. The van der Waals surface area contributed by atoms with Crippen LogP contribution in [0.1, 0.15) is 6.42 Å². The van der Waals surface area contributed by atoms with E-state index in [-0.39, 0.29) is 24.2 Å². The number of nitrogens with one attached hydrogen (secondary N) is 1. The smallest absolute Gasteiger partial charge is 0.322 e. The number of benzene rings is 2. The van der Waals surface area contributed by atoms with Gasteiger partial charge in [0.05, 0.1) is 24.0 Å². The van der Waals surface area contributed by atoms with Gasteiger partial charge in [-0.05, 0) is 24.3 Å². The maximum Gasteiger partial charge on any atom is 0.322 e. The maximum atomic E-state index is 12.5. The summed E-state index contributed by atoms with van der Waals surface area (Å²) in [6.07, 6.45) is 3.14. The summed E-state index contributed by atoms with van der Waals surface area (Å²) < 4.78 is 5.53. The molecule has 1 fully saturated rings. The Balaban J connectivity index is 1.37. The molecule has 2 heterocycles. The summed E-state index contributed by atoms with van der Waals surface area (Å²) >= 11 is 0. The predicted molar refractivity (Wildman–Crippen MR) is 104 cm³/mol. The lowest BCUT2D eigenvalue weighted by atomic mass is 10.1. The summed E-state index contributed by atoms with van der Waals surface area (Å²) in [4.78, 5) is 34.6. The number of para-hydroxylation sites is 2. The number of hydrogen-bond donors (Lipinski definition) is 1. The van der Waals surface area contributed by atoms with Crippen LogP contribution in [0.4, 0.5) is 11.4 Å². The van der Waals surface area contributed by atoms with Crippen LogP contribution in [-0.4, -0.2) is 28.3 Å². The van der Waals surface area contributed by atoms with Gasteiger partial charge < -0.3 is 15.0 Å². The maximum absolute atomic E-state index is 12.5. The predicted octanol–water partition coefficient (Wildman–Crippen LogP) is 3.26. The highest BCUT2D eigenvalue weighted by Gasteiger charge is 2.35. The first-order chi connectivity index (χ1) is 13.7. The molecule has 1 aliphatic heterocycles. The largest absolute Gasteiger partial charge is 0.424 e. The number of anilines is 2. The Hall–Kier alpha value is -3.74. The van der Waals surface area contributed by atoms with Crippen molar-refractivity contribution in [2.24, 2.45) is 5.92 Å². The van der Waals surface area contributed by atoms with E-state index < -0.39 is 5.92 Å². The number of carbonyl (C=O) groups excluding carboxylic acids is 2. The molecule has 0 aliphatic carbocycles.